The number of hydrogen-bond donors (Lipinski definition) is 1. The van der Waals surface area contributed by atoms with Gasteiger partial charge in [-0.2, -0.15) is 0 Å². The van der Waals surface area contributed by atoms with Gasteiger partial charge in [0.25, 0.3) is 0 Å². The zero-order chi connectivity index (χ0) is 19.3. The Hall–Kier alpha value is -3.73. The maximum absolute atomic E-state index is 6.09. The lowest BCUT2D eigenvalue weighted by molar-refractivity contribution is 0.415. The summed E-state index contributed by atoms with van der Waals surface area (Å²) in [5, 5.41) is 0. The second kappa shape index (κ2) is 7.88. The molecule has 2 heterocycles. The van der Waals surface area contributed by atoms with Gasteiger partial charge >= 0.3 is 0 Å². The summed E-state index contributed by atoms with van der Waals surface area (Å²) in [5.74, 6) is 1.03. The Morgan fingerprint density at radius 1 is 0.821 bits per heavy atom. The Labute approximate surface area is 163 Å². The maximum atomic E-state index is 6.09. The van der Waals surface area contributed by atoms with Crippen molar-refractivity contribution in [2.75, 3.05) is 12.8 Å². The minimum Gasteiger partial charge on any atom is -0.497 e. The van der Waals surface area contributed by atoms with E-state index in [0.29, 0.717) is 6.42 Å². The lowest BCUT2D eigenvalue weighted by Crippen LogP contribution is -2.06. The second-order valence-electron chi connectivity index (χ2n) is 6.39. The van der Waals surface area contributed by atoms with Gasteiger partial charge in [-0.05, 0) is 42.0 Å². The minimum absolute atomic E-state index is 0.237. The molecule has 2 aromatic carbocycles. The SMILES string of the molecule is COc1ccc(-c2nc(N)nc(-c3cccnc3)c2Cc2ccccc2)cc1. The Bertz CT molecular complexity index is 1070. The molecule has 0 aliphatic rings. The minimum atomic E-state index is 0.237. The van der Waals surface area contributed by atoms with Crippen molar-refractivity contribution in [2.45, 2.75) is 6.42 Å². The lowest BCUT2D eigenvalue weighted by Gasteiger charge is -2.15. The standard InChI is InChI=1S/C23H20N4O/c1-28-19-11-9-17(10-12-19)21-20(14-16-6-3-2-4-7-16)22(27-23(24)26-21)18-8-5-13-25-15-18/h2-13,15H,14H2,1H3,(H2,24,26,27). The summed E-state index contributed by atoms with van der Waals surface area (Å²) in [6.45, 7) is 0. The highest BCUT2D eigenvalue weighted by molar-refractivity contribution is 5.75. The van der Waals surface area contributed by atoms with Gasteiger partial charge < -0.3 is 10.5 Å². The second-order valence-corrected chi connectivity index (χ2v) is 6.39. The van der Waals surface area contributed by atoms with Crippen LogP contribution in [0.15, 0.2) is 79.1 Å². The first-order valence-corrected chi connectivity index (χ1v) is 9.00. The van der Waals surface area contributed by atoms with Gasteiger partial charge in [0.15, 0.2) is 0 Å². The third kappa shape index (κ3) is 3.69. The molecule has 0 unspecified atom stereocenters. The Morgan fingerprint density at radius 3 is 2.18 bits per heavy atom. The monoisotopic (exact) mass is 368 g/mol. The highest BCUT2D eigenvalue weighted by atomic mass is 16.5. The van der Waals surface area contributed by atoms with Crippen LogP contribution in [0.2, 0.25) is 0 Å². The van der Waals surface area contributed by atoms with Crippen molar-refractivity contribution in [1.29, 1.82) is 0 Å². The van der Waals surface area contributed by atoms with E-state index in [-0.39, 0.29) is 5.95 Å². The highest BCUT2D eigenvalue weighted by Crippen LogP contribution is 2.32. The number of nitrogen functional groups attached to an aromatic ring is 1. The Kier molecular flexibility index (Phi) is 4.97. The highest BCUT2D eigenvalue weighted by Gasteiger charge is 2.17. The first-order chi connectivity index (χ1) is 13.7. The van der Waals surface area contributed by atoms with E-state index in [0.717, 1.165) is 33.8 Å². The zero-order valence-corrected chi connectivity index (χ0v) is 15.5. The fourth-order valence-corrected chi connectivity index (χ4v) is 3.20. The predicted molar refractivity (Wildman–Crippen MR) is 111 cm³/mol. The number of methoxy groups -OCH3 is 1. The number of nitrogens with zero attached hydrogens (tertiary/aromatic N) is 3. The van der Waals surface area contributed by atoms with Crippen LogP contribution in [0.4, 0.5) is 5.95 Å². The Balaban J connectivity index is 1.91. The smallest absolute Gasteiger partial charge is 0.221 e. The molecule has 138 valence electrons. The van der Waals surface area contributed by atoms with Crippen molar-refractivity contribution in [3.05, 3.63) is 90.3 Å². The summed E-state index contributed by atoms with van der Waals surface area (Å²) >= 11 is 0. The van der Waals surface area contributed by atoms with E-state index >= 15 is 0 Å². The van der Waals surface area contributed by atoms with Crippen LogP contribution in [0.5, 0.6) is 5.75 Å². The van der Waals surface area contributed by atoms with Crippen LogP contribution >= 0.6 is 0 Å². The van der Waals surface area contributed by atoms with Gasteiger partial charge in [-0.15, -0.1) is 0 Å². The number of ether oxygens (including phenoxy) is 1. The molecule has 0 spiro atoms. The van der Waals surface area contributed by atoms with Crippen LogP contribution in [-0.4, -0.2) is 22.1 Å². The maximum Gasteiger partial charge on any atom is 0.221 e. The molecule has 0 aliphatic carbocycles. The first-order valence-electron chi connectivity index (χ1n) is 9.00. The van der Waals surface area contributed by atoms with E-state index in [1.807, 2.05) is 54.6 Å². The molecule has 0 saturated carbocycles. The van der Waals surface area contributed by atoms with Crippen molar-refractivity contribution in [1.82, 2.24) is 15.0 Å². The van der Waals surface area contributed by atoms with Gasteiger partial charge in [-0.25, -0.2) is 9.97 Å². The molecule has 5 nitrogen and oxygen atoms in total. The summed E-state index contributed by atoms with van der Waals surface area (Å²) in [5.41, 5.74) is 11.8. The quantitative estimate of drug-likeness (QED) is 0.566. The average molecular weight is 368 g/mol. The van der Waals surface area contributed by atoms with Gasteiger partial charge in [0.2, 0.25) is 5.95 Å². The first kappa shape index (κ1) is 17.7. The van der Waals surface area contributed by atoms with E-state index < -0.39 is 0 Å². The summed E-state index contributed by atoms with van der Waals surface area (Å²) in [6, 6.07) is 22.0. The lowest BCUT2D eigenvalue weighted by atomic mass is 9.95. The van der Waals surface area contributed by atoms with Crippen molar-refractivity contribution in [3.63, 3.8) is 0 Å². The molecule has 5 heteroatoms. The molecule has 2 aromatic heterocycles. The van der Waals surface area contributed by atoms with Crippen LogP contribution in [0, 0.1) is 0 Å². The van der Waals surface area contributed by atoms with Crippen molar-refractivity contribution in [2.24, 2.45) is 0 Å². The zero-order valence-electron chi connectivity index (χ0n) is 15.5. The van der Waals surface area contributed by atoms with E-state index in [4.69, 9.17) is 10.5 Å². The van der Waals surface area contributed by atoms with E-state index in [9.17, 15) is 0 Å². The third-order valence-electron chi connectivity index (χ3n) is 4.55. The number of nitrogens with two attached hydrogens (primary N) is 1. The fourth-order valence-electron chi connectivity index (χ4n) is 3.20. The number of anilines is 1. The van der Waals surface area contributed by atoms with Gasteiger partial charge in [0.1, 0.15) is 5.75 Å². The molecule has 0 saturated heterocycles. The number of pyridine rings is 1. The fraction of sp³-hybridized carbons (Fsp3) is 0.0870. The topological polar surface area (TPSA) is 73.9 Å². The summed E-state index contributed by atoms with van der Waals surface area (Å²) in [4.78, 5) is 13.4. The van der Waals surface area contributed by atoms with E-state index in [1.54, 1.807) is 19.5 Å². The van der Waals surface area contributed by atoms with Crippen molar-refractivity contribution >= 4 is 5.95 Å². The summed E-state index contributed by atoms with van der Waals surface area (Å²) in [7, 11) is 1.65. The molecule has 0 aliphatic heterocycles. The van der Waals surface area contributed by atoms with Crippen LogP contribution < -0.4 is 10.5 Å². The molecule has 2 N–H and O–H groups in total. The summed E-state index contributed by atoms with van der Waals surface area (Å²) in [6.07, 6.45) is 4.23. The average Bonchev–Trinajstić information content (AvgIpc) is 2.76. The van der Waals surface area contributed by atoms with Crippen LogP contribution in [0.3, 0.4) is 0 Å². The molecule has 0 radical (unpaired) electrons. The van der Waals surface area contributed by atoms with E-state index in [1.165, 1.54) is 5.56 Å². The molecule has 0 fully saturated rings. The molecule has 0 atom stereocenters. The van der Waals surface area contributed by atoms with Crippen LogP contribution in [-0.2, 0) is 6.42 Å². The van der Waals surface area contributed by atoms with Gasteiger partial charge in [-0.3, -0.25) is 4.98 Å². The number of hydrogen-bond acceptors (Lipinski definition) is 5. The molecule has 4 rings (SSSR count). The van der Waals surface area contributed by atoms with Gasteiger partial charge in [0, 0.05) is 35.5 Å². The molecule has 0 amide bonds. The third-order valence-corrected chi connectivity index (χ3v) is 4.55. The predicted octanol–water partition coefficient (Wildman–Crippen LogP) is 4.39. The molecule has 4 aromatic rings. The number of aromatic nitrogens is 3. The number of benzene rings is 2. The normalized spacial score (nSPS) is 10.6. The molecule has 28 heavy (non-hydrogen) atoms. The number of rotatable bonds is 5. The van der Waals surface area contributed by atoms with Gasteiger partial charge in [-0.1, -0.05) is 30.3 Å². The molecular formula is C23H20N4O. The van der Waals surface area contributed by atoms with Crippen LogP contribution in [0.1, 0.15) is 11.1 Å². The summed E-state index contributed by atoms with van der Waals surface area (Å²) < 4.78 is 5.28. The van der Waals surface area contributed by atoms with E-state index in [2.05, 4.69) is 27.1 Å². The van der Waals surface area contributed by atoms with Gasteiger partial charge in [0.05, 0.1) is 18.5 Å². The van der Waals surface area contributed by atoms with Crippen LogP contribution in [0.25, 0.3) is 22.5 Å². The largest absolute Gasteiger partial charge is 0.497 e. The molecule has 0 bridgehead atoms. The van der Waals surface area contributed by atoms with Crippen molar-refractivity contribution in [3.8, 4) is 28.3 Å². The van der Waals surface area contributed by atoms with Crippen molar-refractivity contribution < 1.29 is 4.74 Å². The Morgan fingerprint density at radius 2 is 1.54 bits per heavy atom. The molecular weight excluding hydrogens is 348 g/mol.